The Morgan fingerprint density at radius 1 is 1.40 bits per heavy atom. The van der Waals surface area contributed by atoms with Crippen molar-refractivity contribution in [3.8, 4) is 0 Å². The highest BCUT2D eigenvalue weighted by atomic mass is 16.1. The molecule has 1 rings (SSSR count). The number of carbonyl (C=O) groups is 1. The summed E-state index contributed by atoms with van der Waals surface area (Å²) in [4.78, 5) is 13.4. The first-order valence-corrected chi connectivity index (χ1v) is 4.87. The van der Waals surface area contributed by atoms with Gasteiger partial charge in [0.15, 0.2) is 0 Å². The van der Waals surface area contributed by atoms with Crippen molar-refractivity contribution in [3.05, 3.63) is 46.3 Å². The van der Waals surface area contributed by atoms with E-state index in [2.05, 4.69) is 10.0 Å². The van der Waals surface area contributed by atoms with Crippen LogP contribution in [0.5, 0.6) is 0 Å². The van der Waals surface area contributed by atoms with E-state index in [1.54, 1.807) is 0 Å². The van der Waals surface area contributed by atoms with Gasteiger partial charge in [0.05, 0.1) is 0 Å². The summed E-state index contributed by atoms with van der Waals surface area (Å²) in [5.41, 5.74) is 9.25. The molecular formula is C11H13N3O. The van der Waals surface area contributed by atoms with E-state index in [9.17, 15) is 4.79 Å². The summed E-state index contributed by atoms with van der Waals surface area (Å²) in [6.07, 6.45) is 2.26. The number of benzene rings is 1. The van der Waals surface area contributed by atoms with Crippen LogP contribution in [0.3, 0.4) is 0 Å². The maximum absolute atomic E-state index is 10.8. The van der Waals surface area contributed by atoms with Gasteiger partial charge in [-0.25, -0.2) is 0 Å². The van der Waals surface area contributed by atoms with E-state index in [0.29, 0.717) is 19.4 Å². The Morgan fingerprint density at radius 3 is 2.73 bits per heavy atom. The van der Waals surface area contributed by atoms with E-state index in [4.69, 9.17) is 5.53 Å². The van der Waals surface area contributed by atoms with Crippen LogP contribution >= 0.6 is 0 Å². The van der Waals surface area contributed by atoms with E-state index in [1.165, 1.54) is 0 Å². The Bertz CT molecular complexity index is 344. The van der Waals surface area contributed by atoms with Gasteiger partial charge in [-0.05, 0) is 23.9 Å². The molecule has 4 heteroatoms. The fourth-order valence-corrected chi connectivity index (χ4v) is 1.40. The summed E-state index contributed by atoms with van der Waals surface area (Å²) in [5, 5.41) is 3.42. The Balaban J connectivity index is 2.46. The lowest BCUT2D eigenvalue weighted by Crippen LogP contribution is -2.07. The van der Waals surface area contributed by atoms with E-state index in [1.807, 2.05) is 30.3 Å². The molecule has 0 amide bonds. The van der Waals surface area contributed by atoms with E-state index < -0.39 is 0 Å². The molecule has 0 N–H and O–H groups in total. The molecule has 0 heterocycles. The third kappa shape index (κ3) is 4.29. The molecule has 1 aromatic rings. The predicted octanol–water partition coefficient (Wildman–Crippen LogP) is 2.74. The maximum Gasteiger partial charge on any atom is 0.123 e. The lowest BCUT2D eigenvalue weighted by atomic mass is 9.98. The number of nitrogens with zero attached hydrogens (tertiary/aromatic N) is 3. The van der Waals surface area contributed by atoms with Crippen LogP contribution in [0.1, 0.15) is 12.0 Å². The predicted molar refractivity (Wildman–Crippen MR) is 58.3 cm³/mol. The van der Waals surface area contributed by atoms with Crippen LogP contribution in [-0.4, -0.2) is 12.8 Å². The van der Waals surface area contributed by atoms with Crippen molar-refractivity contribution in [2.45, 2.75) is 12.8 Å². The van der Waals surface area contributed by atoms with Gasteiger partial charge in [0, 0.05) is 17.4 Å². The zero-order chi connectivity index (χ0) is 10.9. The lowest BCUT2D eigenvalue weighted by molar-refractivity contribution is -0.111. The fourth-order valence-electron chi connectivity index (χ4n) is 1.40. The molecule has 0 radical (unpaired) electrons. The summed E-state index contributed by atoms with van der Waals surface area (Å²) < 4.78 is 0. The monoisotopic (exact) mass is 203 g/mol. The van der Waals surface area contributed by atoms with Crippen LogP contribution in [0, 0.1) is 5.92 Å². The summed E-state index contributed by atoms with van der Waals surface area (Å²) in [7, 11) is 0. The minimum Gasteiger partial charge on any atom is -0.303 e. The number of azide groups is 1. The minimum atomic E-state index is -0.0575. The largest absolute Gasteiger partial charge is 0.303 e. The Labute approximate surface area is 88.6 Å². The van der Waals surface area contributed by atoms with Crippen molar-refractivity contribution in [2.75, 3.05) is 6.54 Å². The summed E-state index contributed by atoms with van der Waals surface area (Å²) in [6.45, 7) is 0.382. The van der Waals surface area contributed by atoms with Crippen molar-refractivity contribution in [1.82, 2.24) is 0 Å². The highest BCUT2D eigenvalue weighted by Gasteiger charge is 2.07. The second-order valence-electron chi connectivity index (χ2n) is 3.33. The Hall–Kier alpha value is -1.80. The van der Waals surface area contributed by atoms with Gasteiger partial charge in [-0.2, -0.15) is 0 Å². The van der Waals surface area contributed by atoms with E-state index >= 15 is 0 Å². The molecule has 15 heavy (non-hydrogen) atoms. The molecular weight excluding hydrogens is 190 g/mol. The van der Waals surface area contributed by atoms with Gasteiger partial charge in [0.2, 0.25) is 0 Å². The molecule has 0 aromatic heterocycles. The minimum absolute atomic E-state index is 0.0575. The quantitative estimate of drug-likeness (QED) is 0.303. The first-order chi connectivity index (χ1) is 7.36. The van der Waals surface area contributed by atoms with Crippen molar-refractivity contribution >= 4 is 6.29 Å². The number of hydrogen-bond donors (Lipinski definition) is 0. The van der Waals surface area contributed by atoms with Gasteiger partial charge in [0.1, 0.15) is 6.29 Å². The normalized spacial score (nSPS) is 11.5. The molecule has 0 aliphatic rings. The van der Waals surface area contributed by atoms with E-state index in [-0.39, 0.29) is 5.92 Å². The average molecular weight is 203 g/mol. The zero-order valence-corrected chi connectivity index (χ0v) is 8.41. The van der Waals surface area contributed by atoms with Crippen LogP contribution in [0.4, 0.5) is 0 Å². The van der Waals surface area contributed by atoms with Crippen LogP contribution in [0.15, 0.2) is 35.4 Å². The number of aldehydes is 1. The second kappa shape index (κ2) is 6.62. The number of rotatable bonds is 6. The molecule has 0 spiro atoms. The average Bonchev–Trinajstić information content (AvgIpc) is 2.29. The third-order valence-electron chi connectivity index (χ3n) is 2.20. The van der Waals surface area contributed by atoms with Gasteiger partial charge in [-0.3, -0.25) is 0 Å². The highest BCUT2D eigenvalue weighted by molar-refractivity contribution is 5.54. The number of carbonyl (C=O) groups excluding carboxylic acids is 1. The van der Waals surface area contributed by atoms with Crippen molar-refractivity contribution in [2.24, 2.45) is 11.0 Å². The van der Waals surface area contributed by atoms with Crippen molar-refractivity contribution in [3.63, 3.8) is 0 Å². The molecule has 1 unspecified atom stereocenters. The van der Waals surface area contributed by atoms with Crippen LogP contribution in [-0.2, 0) is 11.2 Å². The highest BCUT2D eigenvalue weighted by Crippen LogP contribution is 2.10. The molecule has 0 saturated heterocycles. The van der Waals surface area contributed by atoms with Gasteiger partial charge in [-0.1, -0.05) is 35.4 Å². The molecule has 1 aromatic carbocycles. The van der Waals surface area contributed by atoms with Crippen molar-refractivity contribution < 1.29 is 4.79 Å². The standard InChI is InChI=1S/C11H13N3O/c12-14-13-7-6-11(9-15)8-10-4-2-1-3-5-10/h1-5,9,11H,6-8H2. The maximum atomic E-state index is 10.8. The van der Waals surface area contributed by atoms with Gasteiger partial charge in [-0.15, -0.1) is 0 Å². The van der Waals surface area contributed by atoms with Crippen molar-refractivity contribution in [1.29, 1.82) is 0 Å². The summed E-state index contributed by atoms with van der Waals surface area (Å²) in [5.74, 6) is -0.0575. The smallest absolute Gasteiger partial charge is 0.123 e. The van der Waals surface area contributed by atoms with Crippen LogP contribution in [0.2, 0.25) is 0 Å². The third-order valence-corrected chi connectivity index (χ3v) is 2.20. The zero-order valence-electron chi connectivity index (χ0n) is 8.41. The molecule has 1 atom stereocenters. The molecule has 0 aliphatic heterocycles. The lowest BCUT2D eigenvalue weighted by Gasteiger charge is -2.07. The second-order valence-corrected chi connectivity index (χ2v) is 3.33. The summed E-state index contributed by atoms with van der Waals surface area (Å²) in [6, 6.07) is 9.82. The molecule has 0 bridgehead atoms. The van der Waals surface area contributed by atoms with Gasteiger partial charge >= 0.3 is 0 Å². The SMILES string of the molecule is [N-]=[N+]=NCCC(C=O)Cc1ccccc1. The molecule has 0 saturated carbocycles. The van der Waals surface area contributed by atoms with Gasteiger partial charge in [0.25, 0.3) is 0 Å². The van der Waals surface area contributed by atoms with E-state index in [0.717, 1.165) is 11.8 Å². The first kappa shape index (κ1) is 11.3. The Kier molecular flexibility index (Phi) is 4.98. The molecule has 0 aliphatic carbocycles. The first-order valence-electron chi connectivity index (χ1n) is 4.87. The Morgan fingerprint density at radius 2 is 2.13 bits per heavy atom. The molecule has 0 fully saturated rings. The fraction of sp³-hybridized carbons (Fsp3) is 0.364. The summed E-state index contributed by atoms with van der Waals surface area (Å²) >= 11 is 0. The molecule has 4 nitrogen and oxygen atoms in total. The topological polar surface area (TPSA) is 65.8 Å². The molecule has 78 valence electrons. The van der Waals surface area contributed by atoms with Crippen LogP contribution in [0.25, 0.3) is 10.4 Å². The van der Waals surface area contributed by atoms with Gasteiger partial charge < -0.3 is 4.79 Å². The number of hydrogen-bond acceptors (Lipinski definition) is 2. The van der Waals surface area contributed by atoms with Crippen LogP contribution < -0.4 is 0 Å².